The number of para-hydroxylation sites is 1. The standard InChI is InChI=1S/C19H16F2N4O3/c1-27-15-8-6-11(10-16(15)28-2)22-17-9-7-14(24-25-17)19(26)23-18-12(20)4-3-5-13(18)21/h3-10H,1-2H3,(H,22,25)(H,23,26). The maximum absolute atomic E-state index is 13.6. The predicted octanol–water partition coefficient (Wildman–Crippen LogP) is 3.77. The quantitative estimate of drug-likeness (QED) is 0.671. The minimum absolute atomic E-state index is 0.0967. The highest BCUT2D eigenvalue weighted by Crippen LogP contribution is 2.30. The molecule has 3 aromatic rings. The number of carbonyl (C=O) groups is 1. The molecule has 28 heavy (non-hydrogen) atoms. The van der Waals surface area contributed by atoms with Crippen molar-refractivity contribution in [2.45, 2.75) is 0 Å². The first-order valence-corrected chi connectivity index (χ1v) is 8.10. The Morgan fingerprint density at radius 2 is 1.64 bits per heavy atom. The molecule has 0 atom stereocenters. The fourth-order valence-corrected chi connectivity index (χ4v) is 2.38. The molecular weight excluding hydrogens is 370 g/mol. The van der Waals surface area contributed by atoms with Gasteiger partial charge in [-0.05, 0) is 36.4 Å². The van der Waals surface area contributed by atoms with Crippen LogP contribution in [0, 0.1) is 11.6 Å². The molecule has 0 fully saturated rings. The second-order valence-electron chi connectivity index (χ2n) is 5.55. The summed E-state index contributed by atoms with van der Waals surface area (Å²) in [5.41, 5.74) is 0.0277. The number of nitrogens with one attached hydrogen (secondary N) is 2. The van der Waals surface area contributed by atoms with Gasteiger partial charge in [0.05, 0.1) is 14.2 Å². The van der Waals surface area contributed by atoms with E-state index in [9.17, 15) is 13.6 Å². The fraction of sp³-hybridized carbons (Fsp3) is 0.105. The molecule has 0 bridgehead atoms. The summed E-state index contributed by atoms with van der Waals surface area (Å²) in [5.74, 6) is -1.08. The Labute approximate surface area is 159 Å². The summed E-state index contributed by atoms with van der Waals surface area (Å²) in [4.78, 5) is 12.1. The molecule has 7 nitrogen and oxygen atoms in total. The Bertz CT molecular complexity index is 977. The van der Waals surface area contributed by atoms with Crippen molar-refractivity contribution in [3.63, 3.8) is 0 Å². The van der Waals surface area contributed by atoms with Crippen molar-refractivity contribution in [1.29, 1.82) is 0 Å². The smallest absolute Gasteiger partial charge is 0.276 e. The molecule has 0 aliphatic carbocycles. The van der Waals surface area contributed by atoms with Crippen LogP contribution in [0.25, 0.3) is 0 Å². The van der Waals surface area contributed by atoms with Gasteiger partial charge in [-0.15, -0.1) is 10.2 Å². The van der Waals surface area contributed by atoms with E-state index in [2.05, 4.69) is 20.8 Å². The molecule has 9 heteroatoms. The molecule has 0 aliphatic heterocycles. The number of rotatable bonds is 6. The normalized spacial score (nSPS) is 10.3. The number of hydrogen-bond donors (Lipinski definition) is 2. The number of amides is 1. The summed E-state index contributed by atoms with van der Waals surface area (Å²) in [6.07, 6.45) is 0. The van der Waals surface area contributed by atoms with E-state index < -0.39 is 23.2 Å². The van der Waals surface area contributed by atoms with E-state index in [1.165, 1.54) is 32.4 Å². The monoisotopic (exact) mass is 386 g/mol. The van der Waals surface area contributed by atoms with E-state index in [0.717, 1.165) is 12.1 Å². The molecule has 0 radical (unpaired) electrons. The first-order valence-electron chi connectivity index (χ1n) is 8.10. The van der Waals surface area contributed by atoms with E-state index in [0.29, 0.717) is 23.0 Å². The lowest BCUT2D eigenvalue weighted by molar-refractivity contribution is 0.102. The third-order valence-electron chi connectivity index (χ3n) is 3.75. The maximum Gasteiger partial charge on any atom is 0.276 e. The van der Waals surface area contributed by atoms with Crippen molar-refractivity contribution in [3.05, 3.63) is 65.9 Å². The topological polar surface area (TPSA) is 85.4 Å². The molecular formula is C19H16F2N4O3. The van der Waals surface area contributed by atoms with E-state index in [4.69, 9.17) is 9.47 Å². The zero-order chi connectivity index (χ0) is 20.1. The Morgan fingerprint density at radius 1 is 0.929 bits per heavy atom. The highest BCUT2D eigenvalue weighted by molar-refractivity contribution is 6.02. The van der Waals surface area contributed by atoms with Gasteiger partial charge in [0.1, 0.15) is 17.3 Å². The van der Waals surface area contributed by atoms with Gasteiger partial charge < -0.3 is 20.1 Å². The van der Waals surface area contributed by atoms with Crippen molar-refractivity contribution in [2.75, 3.05) is 24.9 Å². The third-order valence-corrected chi connectivity index (χ3v) is 3.75. The van der Waals surface area contributed by atoms with E-state index in [1.807, 2.05) is 0 Å². The van der Waals surface area contributed by atoms with Crippen molar-refractivity contribution in [1.82, 2.24) is 10.2 Å². The average molecular weight is 386 g/mol. The Morgan fingerprint density at radius 3 is 2.25 bits per heavy atom. The van der Waals surface area contributed by atoms with E-state index in [1.54, 1.807) is 18.2 Å². The predicted molar refractivity (Wildman–Crippen MR) is 99.2 cm³/mol. The number of carbonyl (C=O) groups excluding carboxylic acids is 1. The van der Waals surface area contributed by atoms with Gasteiger partial charge >= 0.3 is 0 Å². The van der Waals surface area contributed by atoms with Gasteiger partial charge in [0.2, 0.25) is 0 Å². The molecule has 1 amide bonds. The molecule has 2 aromatic carbocycles. The summed E-state index contributed by atoms with van der Waals surface area (Å²) < 4.78 is 37.7. The lowest BCUT2D eigenvalue weighted by atomic mass is 10.2. The van der Waals surface area contributed by atoms with Crippen molar-refractivity contribution in [2.24, 2.45) is 0 Å². The number of benzene rings is 2. The molecule has 144 valence electrons. The summed E-state index contributed by atoms with van der Waals surface area (Å²) >= 11 is 0. The van der Waals surface area contributed by atoms with Gasteiger partial charge in [-0.2, -0.15) is 0 Å². The van der Waals surface area contributed by atoms with Crippen LogP contribution in [0.1, 0.15) is 10.5 Å². The average Bonchev–Trinajstić information content (AvgIpc) is 2.71. The van der Waals surface area contributed by atoms with E-state index in [-0.39, 0.29) is 5.69 Å². The molecule has 3 rings (SSSR count). The fourth-order valence-electron chi connectivity index (χ4n) is 2.38. The summed E-state index contributed by atoms with van der Waals surface area (Å²) in [7, 11) is 3.06. The van der Waals surface area contributed by atoms with Crippen LogP contribution >= 0.6 is 0 Å². The summed E-state index contributed by atoms with van der Waals surface area (Å²) in [5, 5.41) is 12.8. The van der Waals surface area contributed by atoms with Crippen molar-refractivity contribution < 1.29 is 23.0 Å². The van der Waals surface area contributed by atoms with Crippen LogP contribution in [-0.2, 0) is 0 Å². The van der Waals surface area contributed by atoms with Crippen LogP contribution in [0.2, 0.25) is 0 Å². The number of halogens is 2. The van der Waals surface area contributed by atoms with Gasteiger partial charge in [0.15, 0.2) is 23.0 Å². The lowest BCUT2D eigenvalue weighted by Crippen LogP contribution is -2.16. The number of hydrogen-bond acceptors (Lipinski definition) is 6. The minimum Gasteiger partial charge on any atom is -0.493 e. The van der Waals surface area contributed by atoms with Crippen molar-refractivity contribution >= 4 is 23.1 Å². The number of ether oxygens (including phenoxy) is 2. The molecule has 0 aliphatic rings. The molecule has 2 N–H and O–H groups in total. The largest absolute Gasteiger partial charge is 0.493 e. The highest BCUT2D eigenvalue weighted by atomic mass is 19.1. The number of aromatic nitrogens is 2. The maximum atomic E-state index is 13.6. The Kier molecular flexibility index (Phi) is 5.64. The molecule has 1 heterocycles. The minimum atomic E-state index is -0.881. The lowest BCUT2D eigenvalue weighted by Gasteiger charge is -2.11. The van der Waals surface area contributed by atoms with Gasteiger partial charge in [-0.1, -0.05) is 6.07 Å². The summed E-state index contributed by atoms with van der Waals surface area (Å²) in [6.45, 7) is 0. The second kappa shape index (κ2) is 8.30. The first-order chi connectivity index (χ1) is 13.5. The van der Waals surface area contributed by atoms with Gasteiger partial charge in [-0.25, -0.2) is 8.78 Å². The zero-order valence-corrected chi connectivity index (χ0v) is 15.0. The Hall–Kier alpha value is -3.75. The highest BCUT2D eigenvalue weighted by Gasteiger charge is 2.15. The summed E-state index contributed by atoms with van der Waals surface area (Å²) in [6, 6.07) is 11.4. The number of anilines is 3. The van der Waals surface area contributed by atoms with E-state index >= 15 is 0 Å². The van der Waals surface area contributed by atoms with Crippen LogP contribution in [0.4, 0.5) is 26.0 Å². The third kappa shape index (κ3) is 4.14. The van der Waals surface area contributed by atoms with Crippen LogP contribution in [0.5, 0.6) is 11.5 Å². The van der Waals surface area contributed by atoms with Crippen molar-refractivity contribution in [3.8, 4) is 11.5 Å². The SMILES string of the molecule is COc1ccc(Nc2ccc(C(=O)Nc3c(F)cccc3F)nn2)cc1OC. The molecule has 0 unspecified atom stereocenters. The number of methoxy groups -OCH3 is 2. The molecule has 0 saturated heterocycles. The first kappa shape index (κ1) is 19.0. The number of nitrogens with zero attached hydrogens (tertiary/aromatic N) is 2. The van der Waals surface area contributed by atoms with Gasteiger partial charge in [-0.3, -0.25) is 4.79 Å². The molecule has 0 spiro atoms. The van der Waals surface area contributed by atoms with Crippen LogP contribution in [0.15, 0.2) is 48.5 Å². The molecule has 1 aromatic heterocycles. The second-order valence-corrected chi connectivity index (χ2v) is 5.55. The zero-order valence-electron chi connectivity index (χ0n) is 15.0. The van der Waals surface area contributed by atoms with Gasteiger partial charge in [0, 0.05) is 11.8 Å². The van der Waals surface area contributed by atoms with Crippen LogP contribution in [-0.4, -0.2) is 30.3 Å². The molecule has 0 saturated carbocycles. The Balaban J connectivity index is 1.72. The van der Waals surface area contributed by atoms with Gasteiger partial charge in [0.25, 0.3) is 5.91 Å². The van der Waals surface area contributed by atoms with Crippen LogP contribution < -0.4 is 20.1 Å². The van der Waals surface area contributed by atoms with Crippen LogP contribution in [0.3, 0.4) is 0 Å².